The molecule has 1 unspecified atom stereocenters. The fraction of sp³-hybridized carbons (Fsp3) is 0.381. The van der Waals surface area contributed by atoms with Gasteiger partial charge in [0.25, 0.3) is 0 Å². The fourth-order valence-electron chi connectivity index (χ4n) is 4.89. The molecule has 28 heavy (non-hydrogen) atoms. The number of anilines is 2. The van der Waals surface area contributed by atoms with Gasteiger partial charge >= 0.3 is 0 Å². The van der Waals surface area contributed by atoms with Crippen LogP contribution in [-0.4, -0.2) is 52.7 Å². The van der Waals surface area contributed by atoms with Gasteiger partial charge in [-0.1, -0.05) is 12.1 Å². The van der Waals surface area contributed by atoms with E-state index in [1.165, 1.54) is 22.0 Å². The van der Waals surface area contributed by atoms with Crippen molar-refractivity contribution in [3.8, 4) is 0 Å². The zero-order valence-corrected chi connectivity index (χ0v) is 16.1. The van der Waals surface area contributed by atoms with Crippen LogP contribution in [0.15, 0.2) is 36.5 Å². The predicted octanol–water partition coefficient (Wildman–Crippen LogP) is 2.60. The van der Waals surface area contributed by atoms with E-state index in [0.29, 0.717) is 23.6 Å². The lowest BCUT2D eigenvalue weighted by Crippen LogP contribution is -2.50. The minimum Gasteiger partial charge on any atom is -0.372 e. The lowest BCUT2D eigenvalue weighted by Gasteiger charge is -2.45. The number of carbonyl (C=O) groups is 1. The van der Waals surface area contributed by atoms with Gasteiger partial charge in [-0.2, -0.15) is 0 Å². The van der Waals surface area contributed by atoms with Crippen molar-refractivity contribution in [2.24, 2.45) is 5.92 Å². The van der Waals surface area contributed by atoms with Crippen LogP contribution in [0.1, 0.15) is 23.5 Å². The molecule has 5 rings (SSSR count). The van der Waals surface area contributed by atoms with Crippen LogP contribution >= 0.6 is 0 Å². The van der Waals surface area contributed by atoms with Crippen LogP contribution < -0.4 is 10.6 Å². The van der Waals surface area contributed by atoms with Crippen molar-refractivity contribution in [2.75, 3.05) is 31.3 Å². The lowest BCUT2D eigenvalue weighted by atomic mass is 9.72. The highest BCUT2D eigenvalue weighted by atomic mass is 16.2. The molecule has 0 saturated carbocycles. The molecule has 1 saturated heterocycles. The molecule has 1 aromatic carbocycles. The summed E-state index contributed by atoms with van der Waals surface area (Å²) in [5.41, 5.74) is 3.95. The number of nitrogens with zero attached hydrogens (tertiary/aromatic N) is 3. The third-order valence-corrected chi connectivity index (χ3v) is 6.27. The third-order valence-electron chi connectivity index (χ3n) is 6.27. The number of hydrogen-bond acceptors (Lipinski definition) is 5. The smallest absolute Gasteiger partial charge is 0.230 e. The van der Waals surface area contributed by atoms with Gasteiger partial charge in [-0.25, -0.2) is 0 Å². The third kappa shape index (κ3) is 2.74. The number of hydrogen-bond donors (Lipinski definition) is 3. The molecular weight excluding hydrogens is 352 g/mol. The van der Waals surface area contributed by atoms with Gasteiger partial charge in [-0.15, -0.1) is 10.2 Å². The van der Waals surface area contributed by atoms with Crippen molar-refractivity contribution in [1.29, 1.82) is 0 Å². The molecule has 2 aromatic heterocycles. The summed E-state index contributed by atoms with van der Waals surface area (Å²) < 4.78 is 0. The second-order valence-corrected chi connectivity index (χ2v) is 7.88. The van der Waals surface area contributed by atoms with Gasteiger partial charge in [-0.3, -0.25) is 4.79 Å². The van der Waals surface area contributed by atoms with E-state index in [9.17, 15) is 4.79 Å². The molecule has 3 N–H and O–H groups in total. The Morgan fingerprint density at radius 1 is 1.21 bits per heavy atom. The summed E-state index contributed by atoms with van der Waals surface area (Å²) in [6.45, 7) is 0.755. The quantitative estimate of drug-likeness (QED) is 0.654. The van der Waals surface area contributed by atoms with E-state index in [1.54, 1.807) is 19.2 Å². The summed E-state index contributed by atoms with van der Waals surface area (Å²) in [7, 11) is 3.92. The van der Waals surface area contributed by atoms with Crippen LogP contribution in [0, 0.1) is 5.92 Å². The minimum absolute atomic E-state index is 0.0175. The zero-order chi connectivity index (χ0) is 19.3. The van der Waals surface area contributed by atoms with Crippen molar-refractivity contribution in [2.45, 2.75) is 24.8 Å². The van der Waals surface area contributed by atoms with Crippen LogP contribution in [0.2, 0.25) is 0 Å². The number of likely N-dealkylation sites (tertiary alicyclic amines) is 1. The van der Waals surface area contributed by atoms with Gasteiger partial charge in [0.1, 0.15) is 5.82 Å². The minimum atomic E-state index is -0.0761. The molecule has 1 amide bonds. The Labute approximate surface area is 163 Å². The van der Waals surface area contributed by atoms with Gasteiger partial charge in [0, 0.05) is 42.7 Å². The number of benzene rings is 1. The van der Waals surface area contributed by atoms with Crippen LogP contribution in [0.4, 0.5) is 11.6 Å². The molecule has 1 fully saturated rings. The fourth-order valence-corrected chi connectivity index (χ4v) is 4.89. The molecule has 0 radical (unpaired) electrons. The Morgan fingerprint density at radius 2 is 2.04 bits per heavy atom. The maximum Gasteiger partial charge on any atom is 0.230 e. The Balaban J connectivity index is 1.39. The number of H-pyrrole nitrogens is 1. The average Bonchev–Trinajstić information content (AvgIpc) is 3.13. The normalized spacial score (nSPS) is 24.0. The summed E-state index contributed by atoms with van der Waals surface area (Å²) in [6.07, 6.45) is 4.03. The number of amides is 1. The average molecular weight is 376 g/mol. The highest BCUT2D eigenvalue weighted by molar-refractivity contribution is 5.92. The highest BCUT2D eigenvalue weighted by Crippen LogP contribution is 2.44. The van der Waals surface area contributed by atoms with Gasteiger partial charge in [0.2, 0.25) is 5.91 Å². The van der Waals surface area contributed by atoms with Gasteiger partial charge in [0.15, 0.2) is 5.82 Å². The van der Waals surface area contributed by atoms with Gasteiger partial charge in [0.05, 0.1) is 5.92 Å². The standard InChI is InChI=1S/C21H24N6O/c1-22-18-6-7-19(26-25-18)24-21(28)13-8-15-14-4-3-5-16-20(14)12(10-23-16)9-17(15)27(2)11-13/h3-7,10,13,15,17,23H,8-9,11H2,1-2H3,(H,22,25)(H,24,26,28)/t13-,15?,17-/m1/s1. The summed E-state index contributed by atoms with van der Waals surface area (Å²) in [4.78, 5) is 18.7. The number of likely N-dealkylation sites (N-methyl/N-ethyl adjacent to an activating group) is 1. The van der Waals surface area contributed by atoms with Gasteiger partial charge < -0.3 is 20.5 Å². The van der Waals surface area contributed by atoms with Crippen molar-refractivity contribution < 1.29 is 4.79 Å². The topological polar surface area (TPSA) is 85.9 Å². The number of carbonyl (C=O) groups excluding carboxylic acids is 1. The molecule has 0 spiro atoms. The van der Waals surface area contributed by atoms with Crippen LogP contribution in [0.3, 0.4) is 0 Å². The summed E-state index contributed by atoms with van der Waals surface area (Å²) in [5.74, 6) is 1.47. The molecule has 144 valence electrons. The van der Waals surface area contributed by atoms with Crippen LogP contribution in [0.5, 0.6) is 0 Å². The second-order valence-electron chi connectivity index (χ2n) is 7.88. The largest absolute Gasteiger partial charge is 0.372 e. The molecule has 7 nitrogen and oxygen atoms in total. The maximum atomic E-state index is 13.0. The first-order valence-corrected chi connectivity index (χ1v) is 9.75. The molecule has 3 heterocycles. The molecule has 3 aromatic rings. The predicted molar refractivity (Wildman–Crippen MR) is 109 cm³/mol. The number of nitrogens with one attached hydrogen (secondary N) is 3. The van der Waals surface area contributed by atoms with Crippen LogP contribution in [0.25, 0.3) is 10.9 Å². The Kier molecular flexibility index (Phi) is 4.05. The number of fused-ring (bicyclic) bond motifs is 2. The molecule has 1 aliphatic heterocycles. The van der Waals surface area contributed by atoms with E-state index in [0.717, 1.165) is 19.4 Å². The molecule has 7 heteroatoms. The Hall–Kier alpha value is -2.93. The number of rotatable bonds is 3. The molecule has 2 aliphatic rings. The number of aromatic nitrogens is 3. The van der Waals surface area contributed by atoms with E-state index in [4.69, 9.17) is 0 Å². The summed E-state index contributed by atoms with van der Waals surface area (Å²) in [5, 5.41) is 15.3. The van der Waals surface area contributed by atoms with Crippen LogP contribution in [-0.2, 0) is 11.2 Å². The van der Waals surface area contributed by atoms with E-state index in [-0.39, 0.29) is 11.8 Å². The second kappa shape index (κ2) is 6.60. The first kappa shape index (κ1) is 17.2. The van der Waals surface area contributed by atoms with Crippen molar-refractivity contribution in [3.05, 3.63) is 47.7 Å². The zero-order valence-electron chi connectivity index (χ0n) is 16.1. The maximum absolute atomic E-state index is 13.0. The SMILES string of the molecule is CNc1ccc(NC(=O)[C@@H]2CC3c4cccc5[nH]cc(c45)C[C@H]3N(C)C2)nn1. The monoisotopic (exact) mass is 376 g/mol. The first-order chi connectivity index (χ1) is 13.6. The molecular formula is C21H24N6O. The first-order valence-electron chi connectivity index (χ1n) is 9.75. The number of aromatic amines is 1. The highest BCUT2D eigenvalue weighted by Gasteiger charge is 2.41. The Morgan fingerprint density at radius 3 is 2.82 bits per heavy atom. The van der Waals surface area contributed by atoms with E-state index in [2.05, 4.69) is 62.2 Å². The molecule has 1 aliphatic carbocycles. The Bertz CT molecular complexity index is 1030. The molecule has 0 bridgehead atoms. The van der Waals surface area contributed by atoms with E-state index >= 15 is 0 Å². The van der Waals surface area contributed by atoms with Gasteiger partial charge in [-0.05, 0) is 49.2 Å². The van der Waals surface area contributed by atoms with Crippen molar-refractivity contribution in [3.63, 3.8) is 0 Å². The lowest BCUT2D eigenvalue weighted by molar-refractivity contribution is -0.122. The summed E-state index contributed by atoms with van der Waals surface area (Å²) >= 11 is 0. The number of piperidine rings is 1. The van der Waals surface area contributed by atoms with E-state index < -0.39 is 0 Å². The summed E-state index contributed by atoms with van der Waals surface area (Å²) in [6, 6.07) is 10.5. The van der Waals surface area contributed by atoms with Crippen molar-refractivity contribution in [1.82, 2.24) is 20.1 Å². The van der Waals surface area contributed by atoms with Crippen molar-refractivity contribution >= 4 is 28.4 Å². The molecule has 3 atom stereocenters. The van der Waals surface area contributed by atoms with E-state index in [1.807, 2.05) is 0 Å².